The van der Waals surface area contributed by atoms with E-state index < -0.39 is 124 Å². The average molecular weight is 802 g/mol. The number of Topliss-reactive ketones (excluding diaryl/α,β-unsaturated/α-hetero) is 1. The van der Waals surface area contributed by atoms with Crippen molar-refractivity contribution in [3.63, 3.8) is 0 Å². The minimum Gasteiger partial charge on any atom is -0.456 e. The number of hydrogen-bond donors (Lipinski definition) is 4. The van der Waals surface area contributed by atoms with Crippen LogP contribution in [0, 0.1) is 16.7 Å². The third-order valence-corrected chi connectivity index (χ3v) is 13.7. The lowest BCUT2D eigenvalue weighted by molar-refractivity contribution is -0.344. The molecule has 1 aromatic carbocycles. The van der Waals surface area contributed by atoms with E-state index in [-0.39, 0.29) is 29.7 Å². The molecule has 0 radical (unpaired) electrons. The van der Waals surface area contributed by atoms with Crippen molar-refractivity contribution < 1.29 is 77.6 Å². The van der Waals surface area contributed by atoms with Crippen molar-refractivity contribution in [3.8, 4) is 0 Å². The lowest BCUT2D eigenvalue weighted by Gasteiger charge is -2.67. The molecule has 57 heavy (non-hydrogen) atoms. The smallest absolute Gasteiger partial charge is 0.456 e. The van der Waals surface area contributed by atoms with E-state index in [4.69, 9.17) is 33.2 Å². The highest BCUT2D eigenvalue weighted by Crippen LogP contribution is 2.64. The van der Waals surface area contributed by atoms with E-state index in [2.05, 4.69) is 0 Å². The van der Waals surface area contributed by atoms with Gasteiger partial charge in [-0.05, 0) is 64.8 Å². The lowest BCUT2D eigenvalue weighted by atomic mass is 9.44. The number of amides is 1. The number of methoxy groups -OCH3 is 1. The van der Waals surface area contributed by atoms with Gasteiger partial charge in [0.1, 0.15) is 36.1 Å². The van der Waals surface area contributed by atoms with Crippen LogP contribution in [-0.2, 0) is 42.7 Å². The number of nitrogens with zero attached hydrogens (tertiary/aromatic N) is 1. The zero-order valence-electron chi connectivity index (χ0n) is 33.3. The van der Waals surface area contributed by atoms with Gasteiger partial charge in [-0.25, -0.2) is 19.2 Å². The Morgan fingerprint density at radius 3 is 2.21 bits per heavy atom. The first kappa shape index (κ1) is 41.0. The Balaban J connectivity index is 1.36. The van der Waals surface area contributed by atoms with E-state index in [1.807, 2.05) is 0 Å². The number of hydrogen-bond acceptors (Lipinski definition) is 16. The van der Waals surface area contributed by atoms with Gasteiger partial charge in [0.25, 0.3) is 0 Å². The summed E-state index contributed by atoms with van der Waals surface area (Å²) in [6.45, 7) is 12.0. The van der Waals surface area contributed by atoms with Crippen molar-refractivity contribution in [1.82, 2.24) is 4.90 Å². The number of cyclic esters (lactones) is 1. The molecule has 3 aliphatic carbocycles. The molecule has 0 spiro atoms. The fourth-order valence-electron chi connectivity index (χ4n) is 10.5. The van der Waals surface area contributed by atoms with E-state index in [0.717, 1.165) is 12.0 Å². The van der Waals surface area contributed by atoms with Gasteiger partial charge in [0.15, 0.2) is 29.3 Å². The van der Waals surface area contributed by atoms with Crippen LogP contribution in [0.25, 0.3) is 0 Å². The molecule has 17 nitrogen and oxygen atoms in total. The quantitative estimate of drug-likeness (QED) is 0.183. The zero-order valence-corrected chi connectivity index (χ0v) is 33.3. The number of rotatable bonds is 6. The molecule has 4 N–H and O–H groups in total. The highest BCUT2D eigenvalue weighted by atomic mass is 16.8. The number of benzene rings is 1. The molecule has 12 atom stereocenters. The second kappa shape index (κ2) is 13.2. The molecule has 1 amide bonds. The standard InChI is InChI=1S/C40H51NO16/c1-18-20(53-31(47)25(44)27-36(4,5)55-32-37(6,7)56-33(48)41(27)32)16-40(50)29(54-30(46)19-13-11-10-12-14-19)26-38(8,28(45)24(43)23(18)35(40,2)3)21(42)15-22-39(26,17-52-22)57-34(49)51-9/h10-14,20-22,24-27,29,32,42-44,50H,15-17H2,1-9H3/t20-,21?,22+,24+,25+,26?,27+,29-,32?,38+,39-,40+/m0/s1. The molecule has 6 aliphatic rings. The molecule has 312 valence electrons. The Morgan fingerprint density at radius 1 is 0.965 bits per heavy atom. The highest BCUT2D eigenvalue weighted by Gasteiger charge is 2.78. The molecule has 3 saturated heterocycles. The zero-order chi connectivity index (χ0) is 42.0. The molecule has 5 fully saturated rings. The predicted molar refractivity (Wildman–Crippen MR) is 192 cm³/mol. The minimum absolute atomic E-state index is 0.0620. The van der Waals surface area contributed by atoms with Gasteiger partial charge in [0.05, 0.1) is 42.3 Å². The van der Waals surface area contributed by atoms with Crippen molar-refractivity contribution in [2.24, 2.45) is 16.7 Å². The van der Waals surface area contributed by atoms with Gasteiger partial charge >= 0.3 is 24.2 Å². The normalized spacial score (nSPS) is 40.2. The topological polar surface area (TPSA) is 234 Å². The van der Waals surface area contributed by atoms with Crippen molar-refractivity contribution in [2.45, 2.75) is 140 Å². The summed E-state index contributed by atoms with van der Waals surface area (Å²) in [6.07, 6.45) is -13.7. The van der Waals surface area contributed by atoms with Crippen molar-refractivity contribution in [3.05, 3.63) is 47.0 Å². The minimum atomic E-state index is -2.39. The third-order valence-electron chi connectivity index (χ3n) is 13.7. The summed E-state index contributed by atoms with van der Waals surface area (Å²) in [5.74, 6) is -4.71. The maximum Gasteiger partial charge on any atom is 0.508 e. The molecule has 3 aliphatic heterocycles. The van der Waals surface area contributed by atoms with Gasteiger partial charge < -0.3 is 53.6 Å². The molecule has 7 rings (SSSR count). The Hall–Kier alpha value is -4.13. The number of fused-ring (bicyclic) bond motifs is 6. The first-order valence-corrected chi connectivity index (χ1v) is 19.0. The molecule has 3 heterocycles. The van der Waals surface area contributed by atoms with E-state index in [1.165, 1.54) is 39.8 Å². The van der Waals surface area contributed by atoms with Crippen molar-refractivity contribution >= 4 is 30.0 Å². The fourth-order valence-corrected chi connectivity index (χ4v) is 10.5. The van der Waals surface area contributed by atoms with E-state index in [9.17, 15) is 44.4 Å². The summed E-state index contributed by atoms with van der Waals surface area (Å²) < 4.78 is 40.4. The summed E-state index contributed by atoms with van der Waals surface area (Å²) in [4.78, 5) is 70.3. The summed E-state index contributed by atoms with van der Waals surface area (Å²) >= 11 is 0. The maximum atomic E-state index is 15.0. The second-order valence-electron chi connectivity index (χ2n) is 17.9. The number of ketones is 1. The summed E-state index contributed by atoms with van der Waals surface area (Å²) in [5, 5.41) is 49.1. The molecule has 1 aromatic rings. The van der Waals surface area contributed by atoms with E-state index >= 15 is 0 Å². The fraction of sp³-hybridized carbons (Fsp3) is 0.675. The Kier molecular flexibility index (Phi) is 9.50. The van der Waals surface area contributed by atoms with Gasteiger partial charge in [0, 0.05) is 18.3 Å². The molecule has 3 unspecified atom stereocenters. The van der Waals surface area contributed by atoms with Gasteiger partial charge in [-0.2, -0.15) is 0 Å². The molecule has 0 aromatic heterocycles. The number of esters is 2. The highest BCUT2D eigenvalue weighted by molar-refractivity contribution is 5.94. The van der Waals surface area contributed by atoms with Crippen molar-refractivity contribution in [2.75, 3.05) is 13.7 Å². The molecule has 17 heteroatoms. The third kappa shape index (κ3) is 5.67. The van der Waals surface area contributed by atoms with Gasteiger partial charge in [0.2, 0.25) is 0 Å². The van der Waals surface area contributed by atoms with Crippen LogP contribution in [0.5, 0.6) is 0 Å². The van der Waals surface area contributed by atoms with E-state index in [1.54, 1.807) is 45.9 Å². The summed E-state index contributed by atoms with van der Waals surface area (Å²) in [6, 6.07) is 6.51. The number of ether oxygens (including phenoxy) is 7. The van der Waals surface area contributed by atoms with Crippen LogP contribution >= 0.6 is 0 Å². The van der Waals surface area contributed by atoms with Gasteiger partial charge in [-0.15, -0.1) is 0 Å². The van der Waals surface area contributed by atoms with E-state index in [0.29, 0.717) is 0 Å². The van der Waals surface area contributed by atoms with Crippen LogP contribution < -0.4 is 0 Å². The SMILES string of the molecule is COC(=O)O[C@@]12CO[C@@H]1CC(O)[C@@]1(C)C(=O)[C@H](O)C3=C(C)[C@@H](OC(=O)[C@H](O)[C@H]4N5C(=O)OC(C)(C)C5OC4(C)C)C[C@@](O)([C@@H](OC(=O)c4ccccc4)C12)C3(C)C. The molecular weight excluding hydrogens is 750 g/mol. The van der Waals surface area contributed by atoms with Crippen molar-refractivity contribution in [1.29, 1.82) is 0 Å². The lowest BCUT2D eigenvalue weighted by Crippen LogP contribution is -2.81. The first-order chi connectivity index (χ1) is 26.4. The molecular formula is C40H51NO16. The summed E-state index contributed by atoms with van der Waals surface area (Å²) in [7, 11) is 1.07. The molecule has 2 bridgehead atoms. The number of aliphatic hydroxyl groups is 4. The van der Waals surface area contributed by atoms with Crippen LogP contribution in [0.15, 0.2) is 41.5 Å². The van der Waals surface area contributed by atoms with Crippen LogP contribution in [0.3, 0.4) is 0 Å². The van der Waals surface area contributed by atoms with Crippen LogP contribution in [0.1, 0.15) is 78.6 Å². The Labute approximate surface area is 329 Å². The number of carbonyl (C=O) groups is 5. The summed E-state index contributed by atoms with van der Waals surface area (Å²) in [5.41, 5.74) is -10.2. The number of carbonyl (C=O) groups excluding carboxylic acids is 5. The first-order valence-electron chi connectivity index (χ1n) is 19.0. The Bertz CT molecular complexity index is 1910. The maximum absolute atomic E-state index is 15.0. The van der Waals surface area contributed by atoms with Crippen LogP contribution in [0.2, 0.25) is 0 Å². The van der Waals surface area contributed by atoms with Crippen LogP contribution in [-0.4, -0.2) is 140 Å². The molecule has 2 saturated carbocycles. The average Bonchev–Trinajstić information content (AvgIpc) is 3.55. The van der Waals surface area contributed by atoms with Gasteiger partial charge in [-0.1, -0.05) is 32.0 Å². The Morgan fingerprint density at radius 2 is 1.61 bits per heavy atom. The second-order valence-corrected chi connectivity index (χ2v) is 17.9. The van der Waals surface area contributed by atoms with Gasteiger partial charge in [-0.3, -0.25) is 9.69 Å². The largest absolute Gasteiger partial charge is 0.508 e. The number of aliphatic hydroxyl groups excluding tert-OH is 3. The monoisotopic (exact) mass is 801 g/mol. The van der Waals surface area contributed by atoms with Crippen LogP contribution in [0.4, 0.5) is 9.59 Å². The predicted octanol–water partition coefficient (Wildman–Crippen LogP) is 1.95.